The van der Waals surface area contributed by atoms with Crippen molar-refractivity contribution < 1.29 is 18.7 Å². The lowest BCUT2D eigenvalue weighted by molar-refractivity contribution is -0.145. The van der Waals surface area contributed by atoms with Crippen molar-refractivity contribution in [1.29, 1.82) is 0 Å². The van der Waals surface area contributed by atoms with Gasteiger partial charge in [-0.3, -0.25) is 9.59 Å². The lowest BCUT2D eigenvalue weighted by Gasteiger charge is -2.02. The second-order valence-electron chi connectivity index (χ2n) is 5.78. The van der Waals surface area contributed by atoms with Crippen molar-refractivity contribution >= 4 is 23.1 Å². The minimum atomic E-state index is -0.470. The molecule has 6 nitrogen and oxygen atoms in total. The van der Waals surface area contributed by atoms with Crippen molar-refractivity contribution in [2.24, 2.45) is 0 Å². The molecule has 26 heavy (non-hydrogen) atoms. The molecule has 0 spiro atoms. The van der Waals surface area contributed by atoms with Gasteiger partial charge in [-0.1, -0.05) is 18.2 Å². The van der Waals surface area contributed by atoms with Gasteiger partial charge in [-0.2, -0.15) is 0 Å². The molecule has 0 atom stereocenters. The third kappa shape index (κ3) is 4.43. The van der Waals surface area contributed by atoms with E-state index < -0.39 is 5.97 Å². The van der Waals surface area contributed by atoms with E-state index in [9.17, 15) is 9.59 Å². The summed E-state index contributed by atoms with van der Waals surface area (Å²) < 4.78 is 10.6. The zero-order valence-corrected chi connectivity index (χ0v) is 15.3. The number of rotatable bonds is 7. The van der Waals surface area contributed by atoms with Gasteiger partial charge >= 0.3 is 5.97 Å². The number of thiophene rings is 1. The normalized spacial score (nSPS) is 10.7. The Bertz CT molecular complexity index is 915. The predicted molar refractivity (Wildman–Crippen MR) is 96.9 cm³/mol. The zero-order valence-electron chi connectivity index (χ0n) is 14.5. The van der Waals surface area contributed by atoms with E-state index in [-0.39, 0.29) is 31.1 Å². The van der Waals surface area contributed by atoms with Crippen LogP contribution in [0.1, 0.15) is 38.8 Å². The van der Waals surface area contributed by atoms with Crippen LogP contribution in [0.5, 0.6) is 0 Å². The highest BCUT2D eigenvalue weighted by molar-refractivity contribution is 7.12. The molecule has 0 aliphatic heterocycles. The molecule has 134 valence electrons. The van der Waals surface area contributed by atoms with Gasteiger partial charge in [0, 0.05) is 27.3 Å². The monoisotopic (exact) mass is 370 g/mol. The molecule has 7 heteroatoms. The molecule has 2 heterocycles. The van der Waals surface area contributed by atoms with Crippen LogP contribution in [0.15, 0.2) is 40.8 Å². The summed E-state index contributed by atoms with van der Waals surface area (Å²) in [6.45, 7) is 3.75. The van der Waals surface area contributed by atoms with Crippen LogP contribution in [0.25, 0.3) is 11.5 Å². The average molecular weight is 370 g/mol. The van der Waals surface area contributed by atoms with Gasteiger partial charge < -0.3 is 9.15 Å². The number of aryl methyl sites for hydroxylation is 2. The zero-order chi connectivity index (χ0) is 18.5. The van der Waals surface area contributed by atoms with Gasteiger partial charge in [0.05, 0.1) is 6.42 Å². The van der Waals surface area contributed by atoms with Crippen molar-refractivity contribution in [3.05, 3.63) is 57.6 Å². The van der Waals surface area contributed by atoms with Crippen molar-refractivity contribution in [3.63, 3.8) is 0 Å². The summed E-state index contributed by atoms with van der Waals surface area (Å²) >= 11 is 1.58. The molecular weight excluding hydrogens is 352 g/mol. The maximum Gasteiger partial charge on any atom is 0.306 e. The van der Waals surface area contributed by atoms with Crippen LogP contribution >= 0.6 is 11.3 Å². The Labute approximate surface area is 154 Å². The summed E-state index contributed by atoms with van der Waals surface area (Å²) in [4.78, 5) is 26.1. The molecule has 3 rings (SSSR count). The van der Waals surface area contributed by atoms with Gasteiger partial charge in [0.2, 0.25) is 5.89 Å². The number of ether oxygens (including phenoxy) is 1. The van der Waals surface area contributed by atoms with Crippen molar-refractivity contribution in [1.82, 2.24) is 10.2 Å². The number of carbonyl (C=O) groups is 2. The first-order valence-corrected chi connectivity index (χ1v) is 8.98. The quantitative estimate of drug-likeness (QED) is 0.459. The number of benzene rings is 1. The Morgan fingerprint density at radius 1 is 1.12 bits per heavy atom. The van der Waals surface area contributed by atoms with Crippen LogP contribution in [0, 0.1) is 13.8 Å². The van der Waals surface area contributed by atoms with Crippen LogP contribution in [0.4, 0.5) is 0 Å². The number of esters is 1. The molecule has 2 aromatic heterocycles. The molecule has 0 N–H and O–H groups in total. The number of Topliss-reactive ketones (excluding diaryl/α,β-unsaturated/α-hetero) is 1. The van der Waals surface area contributed by atoms with Gasteiger partial charge in [-0.05, 0) is 32.0 Å². The number of carbonyl (C=O) groups excluding carboxylic acids is 2. The summed E-state index contributed by atoms with van der Waals surface area (Å²) in [5.74, 6) is 0.0679. The molecule has 0 saturated heterocycles. The van der Waals surface area contributed by atoms with E-state index >= 15 is 0 Å². The van der Waals surface area contributed by atoms with Crippen molar-refractivity contribution in [2.75, 3.05) is 0 Å². The maximum absolute atomic E-state index is 12.2. The van der Waals surface area contributed by atoms with E-state index in [1.807, 2.05) is 50.2 Å². The van der Waals surface area contributed by atoms with Crippen LogP contribution in [-0.2, 0) is 16.1 Å². The molecule has 3 aromatic rings. The lowest BCUT2D eigenvalue weighted by atomic mass is 10.1. The fourth-order valence-corrected chi connectivity index (χ4v) is 3.42. The first-order valence-electron chi connectivity index (χ1n) is 8.16. The minimum absolute atomic E-state index is 0.0207. The first-order chi connectivity index (χ1) is 12.5. The van der Waals surface area contributed by atoms with E-state index in [0.717, 1.165) is 15.3 Å². The molecule has 1 aromatic carbocycles. The third-order valence-corrected chi connectivity index (χ3v) is 4.71. The summed E-state index contributed by atoms with van der Waals surface area (Å²) in [6, 6.07) is 11.2. The number of hydrogen-bond acceptors (Lipinski definition) is 7. The van der Waals surface area contributed by atoms with Crippen LogP contribution in [0.3, 0.4) is 0 Å². The molecule has 0 unspecified atom stereocenters. The predicted octanol–water partition coefficient (Wildman–Crippen LogP) is 4.12. The lowest BCUT2D eigenvalue weighted by Crippen LogP contribution is -2.08. The topological polar surface area (TPSA) is 82.3 Å². The molecule has 0 radical (unpaired) electrons. The molecule has 0 amide bonds. The molecule has 0 aliphatic rings. The van der Waals surface area contributed by atoms with Crippen LogP contribution in [0.2, 0.25) is 0 Å². The summed E-state index contributed by atoms with van der Waals surface area (Å²) in [6.07, 6.45) is 0.141. The number of hydrogen-bond donors (Lipinski definition) is 0. The third-order valence-electron chi connectivity index (χ3n) is 3.74. The Balaban J connectivity index is 1.48. The smallest absolute Gasteiger partial charge is 0.306 e. The van der Waals surface area contributed by atoms with Gasteiger partial charge in [0.1, 0.15) is 0 Å². The van der Waals surface area contributed by atoms with Gasteiger partial charge in [0.15, 0.2) is 12.4 Å². The molecular formula is C19H18N2O4S. The number of ketones is 1. The second kappa shape index (κ2) is 8.05. The Morgan fingerprint density at radius 3 is 2.58 bits per heavy atom. The summed E-state index contributed by atoms with van der Waals surface area (Å²) in [5, 5.41) is 7.79. The Morgan fingerprint density at radius 2 is 1.88 bits per heavy atom. The molecule has 0 fully saturated rings. The number of aromatic nitrogens is 2. The van der Waals surface area contributed by atoms with E-state index in [0.29, 0.717) is 11.5 Å². The fraction of sp³-hybridized carbons (Fsp3) is 0.263. The average Bonchev–Trinajstić information content (AvgIpc) is 3.25. The van der Waals surface area contributed by atoms with E-state index in [1.54, 1.807) is 11.3 Å². The fourth-order valence-electron chi connectivity index (χ4n) is 2.48. The molecule has 0 bridgehead atoms. The van der Waals surface area contributed by atoms with Crippen molar-refractivity contribution in [3.8, 4) is 11.5 Å². The van der Waals surface area contributed by atoms with E-state index in [1.165, 1.54) is 0 Å². The number of nitrogens with zero attached hydrogens (tertiary/aromatic N) is 2. The highest BCUT2D eigenvalue weighted by Gasteiger charge is 2.15. The standard InChI is InChI=1S/C19H18N2O4S/c1-12-10-15(13(2)26-12)16(22)8-9-18(23)24-11-17-20-21-19(25-17)14-6-4-3-5-7-14/h3-7,10H,8-9,11H2,1-2H3. The Hall–Kier alpha value is -2.80. The second-order valence-corrected chi connectivity index (χ2v) is 7.24. The van der Waals surface area contributed by atoms with E-state index in [2.05, 4.69) is 10.2 Å². The Kier molecular flexibility index (Phi) is 5.58. The van der Waals surface area contributed by atoms with Gasteiger partial charge in [-0.25, -0.2) is 0 Å². The highest BCUT2D eigenvalue weighted by atomic mass is 32.1. The summed E-state index contributed by atoms with van der Waals surface area (Å²) in [5.41, 5.74) is 1.48. The highest BCUT2D eigenvalue weighted by Crippen LogP contribution is 2.22. The minimum Gasteiger partial charge on any atom is -0.456 e. The van der Waals surface area contributed by atoms with Gasteiger partial charge in [0.25, 0.3) is 5.89 Å². The summed E-state index contributed by atoms with van der Waals surface area (Å²) in [7, 11) is 0. The molecule has 0 saturated carbocycles. The molecule has 0 aliphatic carbocycles. The van der Waals surface area contributed by atoms with Gasteiger partial charge in [-0.15, -0.1) is 21.5 Å². The van der Waals surface area contributed by atoms with Crippen LogP contribution in [-0.4, -0.2) is 21.9 Å². The largest absolute Gasteiger partial charge is 0.456 e. The van der Waals surface area contributed by atoms with Crippen LogP contribution < -0.4 is 0 Å². The SMILES string of the molecule is Cc1cc(C(=O)CCC(=O)OCc2nnc(-c3ccccc3)o2)c(C)s1. The first kappa shape index (κ1) is 18.0. The maximum atomic E-state index is 12.2. The van der Waals surface area contributed by atoms with Crippen molar-refractivity contribution in [2.45, 2.75) is 33.3 Å². The van der Waals surface area contributed by atoms with E-state index in [4.69, 9.17) is 9.15 Å².